The summed E-state index contributed by atoms with van der Waals surface area (Å²) in [7, 11) is 0. The van der Waals surface area contributed by atoms with Crippen molar-refractivity contribution < 1.29 is 0 Å². The van der Waals surface area contributed by atoms with E-state index in [0.717, 1.165) is 16.6 Å². The lowest BCUT2D eigenvalue weighted by Gasteiger charge is -2.07. The smallest absolute Gasteiger partial charge is 0.267 e. The van der Waals surface area contributed by atoms with Gasteiger partial charge >= 0.3 is 0 Å². The fourth-order valence-electron chi connectivity index (χ4n) is 2.60. The molecule has 24 heavy (non-hydrogen) atoms. The van der Waals surface area contributed by atoms with Crippen LogP contribution < -0.4 is 5.56 Å². The first-order valence-electron chi connectivity index (χ1n) is 7.48. The van der Waals surface area contributed by atoms with Gasteiger partial charge in [-0.25, -0.2) is 4.98 Å². The number of thioether (sulfide) groups is 1. The predicted octanol–water partition coefficient (Wildman–Crippen LogP) is 3.80. The van der Waals surface area contributed by atoms with Crippen LogP contribution in [0.15, 0.2) is 58.5 Å². The Hall–Kier alpha value is -2.31. The molecular formula is C17H13ClN4OS. The van der Waals surface area contributed by atoms with Crippen molar-refractivity contribution >= 4 is 40.0 Å². The van der Waals surface area contributed by atoms with Crippen molar-refractivity contribution in [3.8, 4) is 5.69 Å². The number of aromatic nitrogens is 4. The zero-order valence-corrected chi connectivity index (χ0v) is 14.4. The van der Waals surface area contributed by atoms with Gasteiger partial charge in [0.25, 0.3) is 5.56 Å². The second-order valence-electron chi connectivity index (χ2n) is 5.17. The Morgan fingerprint density at radius 3 is 2.62 bits per heavy atom. The molecule has 0 amide bonds. The number of para-hydroxylation sites is 1. The highest BCUT2D eigenvalue weighted by atomic mass is 35.5. The molecule has 0 aliphatic rings. The topological polar surface area (TPSA) is 52.2 Å². The quantitative estimate of drug-likeness (QED) is 0.524. The Bertz CT molecular complexity index is 1100. The summed E-state index contributed by atoms with van der Waals surface area (Å²) in [6, 6.07) is 14.7. The van der Waals surface area contributed by atoms with Crippen molar-refractivity contribution in [2.24, 2.45) is 0 Å². The Labute approximate surface area is 146 Å². The fraction of sp³-hybridized carbons (Fsp3) is 0.118. The SMILES string of the molecule is CCSc1nn2c(=O)c3ccccc3nc2n1-c1ccc(Cl)cc1. The van der Waals surface area contributed by atoms with E-state index in [1.807, 2.05) is 54.0 Å². The Morgan fingerprint density at radius 1 is 1.12 bits per heavy atom. The third-order valence-electron chi connectivity index (χ3n) is 3.67. The third kappa shape index (κ3) is 2.39. The lowest BCUT2D eigenvalue weighted by atomic mass is 10.2. The summed E-state index contributed by atoms with van der Waals surface area (Å²) in [6.45, 7) is 2.04. The van der Waals surface area contributed by atoms with E-state index in [1.54, 1.807) is 17.8 Å². The second kappa shape index (κ2) is 5.96. The van der Waals surface area contributed by atoms with E-state index in [0.29, 0.717) is 21.7 Å². The van der Waals surface area contributed by atoms with Gasteiger partial charge in [0.15, 0.2) is 5.16 Å². The molecule has 2 aromatic heterocycles. The molecule has 2 heterocycles. The van der Waals surface area contributed by atoms with Crippen LogP contribution in [0.3, 0.4) is 0 Å². The number of hydrogen-bond donors (Lipinski definition) is 0. The van der Waals surface area contributed by atoms with E-state index in [4.69, 9.17) is 11.6 Å². The maximum Gasteiger partial charge on any atom is 0.283 e. The number of nitrogens with zero attached hydrogens (tertiary/aromatic N) is 4. The molecule has 2 aromatic carbocycles. The minimum Gasteiger partial charge on any atom is -0.267 e. The van der Waals surface area contributed by atoms with Crippen molar-refractivity contribution in [3.63, 3.8) is 0 Å². The number of benzene rings is 2. The first-order valence-corrected chi connectivity index (χ1v) is 8.84. The maximum absolute atomic E-state index is 12.8. The number of halogens is 1. The average molecular weight is 357 g/mol. The van der Waals surface area contributed by atoms with Crippen LogP contribution in [0, 0.1) is 0 Å². The molecular weight excluding hydrogens is 344 g/mol. The molecule has 0 bridgehead atoms. The van der Waals surface area contributed by atoms with Crippen molar-refractivity contribution in [2.75, 3.05) is 5.75 Å². The average Bonchev–Trinajstić information content (AvgIpc) is 2.95. The van der Waals surface area contributed by atoms with E-state index in [-0.39, 0.29) is 5.56 Å². The van der Waals surface area contributed by atoms with Crippen molar-refractivity contribution in [1.82, 2.24) is 19.2 Å². The largest absolute Gasteiger partial charge is 0.283 e. The predicted molar refractivity (Wildman–Crippen MR) is 97.5 cm³/mol. The molecule has 0 atom stereocenters. The highest BCUT2D eigenvalue weighted by molar-refractivity contribution is 7.99. The minimum atomic E-state index is -0.165. The first kappa shape index (κ1) is 15.2. The van der Waals surface area contributed by atoms with Gasteiger partial charge in [0, 0.05) is 5.02 Å². The van der Waals surface area contributed by atoms with E-state index >= 15 is 0 Å². The second-order valence-corrected chi connectivity index (χ2v) is 6.84. The molecule has 0 N–H and O–H groups in total. The van der Waals surface area contributed by atoms with Crippen LogP contribution in [0.5, 0.6) is 0 Å². The lowest BCUT2D eigenvalue weighted by Crippen LogP contribution is -2.16. The summed E-state index contributed by atoms with van der Waals surface area (Å²) < 4.78 is 3.26. The zero-order chi connectivity index (χ0) is 16.7. The molecule has 0 fully saturated rings. The highest BCUT2D eigenvalue weighted by Crippen LogP contribution is 2.24. The van der Waals surface area contributed by atoms with Crippen LogP contribution in [0.1, 0.15) is 6.92 Å². The van der Waals surface area contributed by atoms with Crippen molar-refractivity contribution in [3.05, 3.63) is 63.9 Å². The molecule has 0 aliphatic heterocycles. The van der Waals surface area contributed by atoms with Crippen LogP contribution >= 0.6 is 23.4 Å². The van der Waals surface area contributed by atoms with E-state index in [9.17, 15) is 4.79 Å². The van der Waals surface area contributed by atoms with Crippen molar-refractivity contribution in [1.29, 1.82) is 0 Å². The molecule has 0 saturated carbocycles. The molecule has 0 aliphatic carbocycles. The third-order valence-corrected chi connectivity index (χ3v) is 4.73. The minimum absolute atomic E-state index is 0.165. The van der Waals surface area contributed by atoms with Gasteiger partial charge in [-0.2, -0.15) is 4.52 Å². The molecule has 5 nitrogen and oxygen atoms in total. The molecule has 7 heteroatoms. The molecule has 4 rings (SSSR count). The van der Waals surface area contributed by atoms with Crippen LogP contribution in [-0.2, 0) is 0 Å². The molecule has 0 radical (unpaired) electrons. The first-order chi connectivity index (χ1) is 11.7. The van der Waals surface area contributed by atoms with E-state index < -0.39 is 0 Å². The van der Waals surface area contributed by atoms with Gasteiger partial charge in [0.2, 0.25) is 5.78 Å². The van der Waals surface area contributed by atoms with Gasteiger partial charge in [-0.3, -0.25) is 9.36 Å². The van der Waals surface area contributed by atoms with E-state index in [2.05, 4.69) is 10.1 Å². The normalized spacial score (nSPS) is 11.4. The van der Waals surface area contributed by atoms with Gasteiger partial charge in [0.1, 0.15) is 0 Å². The zero-order valence-electron chi connectivity index (χ0n) is 12.8. The Kier molecular flexibility index (Phi) is 3.78. The summed E-state index contributed by atoms with van der Waals surface area (Å²) in [5.74, 6) is 1.34. The molecule has 120 valence electrons. The molecule has 4 aromatic rings. The Balaban J connectivity index is 2.11. The standard InChI is InChI=1S/C17H13ClN4OS/c1-2-24-17-20-22-15(23)13-5-3-4-6-14(13)19-16(22)21(17)12-9-7-11(18)8-10-12/h3-10H,2H2,1H3. The number of hydrogen-bond acceptors (Lipinski definition) is 4. The Morgan fingerprint density at radius 2 is 1.88 bits per heavy atom. The summed E-state index contributed by atoms with van der Waals surface area (Å²) in [6.07, 6.45) is 0. The van der Waals surface area contributed by atoms with Crippen LogP contribution in [0.4, 0.5) is 0 Å². The monoisotopic (exact) mass is 356 g/mol. The van der Waals surface area contributed by atoms with Crippen molar-refractivity contribution in [2.45, 2.75) is 12.1 Å². The van der Waals surface area contributed by atoms with Gasteiger partial charge < -0.3 is 0 Å². The lowest BCUT2D eigenvalue weighted by molar-refractivity contribution is 0.841. The summed E-state index contributed by atoms with van der Waals surface area (Å²) in [4.78, 5) is 17.4. The summed E-state index contributed by atoms with van der Waals surface area (Å²) in [5.41, 5.74) is 1.36. The number of fused-ring (bicyclic) bond motifs is 2. The molecule has 0 saturated heterocycles. The van der Waals surface area contributed by atoms with Crippen LogP contribution in [-0.4, -0.2) is 24.9 Å². The molecule has 0 unspecified atom stereocenters. The van der Waals surface area contributed by atoms with Crippen LogP contribution in [0.2, 0.25) is 5.02 Å². The maximum atomic E-state index is 12.8. The number of rotatable bonds is 3. The van der Waals surface area contributed by atoms with Gasteiger partial charge in [-0.1, -0.05) is 42.4 Å². The van der Waals surface area contributed by atoms with Gasteiger partial charge in [-0.05, 0) is 42.2 Å². The van der Waals surface area contributed by atoms with Gasteiger partial charge in [0.05, 0.1) is 16.6 Å². The summed E-state index contributed by atoms with van der Waals surface area (Å²) >= 11 is 7.56. The van der Waals surface area contributed by atoms with E-state index in [1.165, 1.54) is 4.52 Å². The van der Waals surface area contributed by atoms with Gasteiger partial charge in [-0.15, -0.1) is 5.10 Å². The summed E-state index contributed by atoms with van der Waals surface area (Å²) in [5, 5.41) is 6.42. The molecule has 0 spiro atoms. The highest BCUT2D eigenvalue weighted by Gasteiger charge is 2.17. The fourth-order valence-corrected chi connectivity index (χ4v) is 3.44. The van der Waals surface area contributed by atoms with Crippen LogP contribution in [0.25, 0.3) is 22.4 Å².